The fourth-order valence-electron chi connectivity index (χ4n) is 8.82. The Morgan fingerprint density at radius 1 is 0.843 bits per heavy atom. The molecule has 0 fully saturated rings. The second kappa shape index (κ2) is 11.9. The van der Waals surface area contributed by atoms with Gasteiger partial charge < -0.3 is 4.57 Å². The molecule has 0 saturated heterocycles. The van der Waals surface area contributed by atoms with Gasteiger partial charge in [0, 0.05) is 42.3 Å². The van der Waals surface area contributed by atoms with E-state index in [1.807, 2.05) is 38.2 Å². The van der Waals surface area contributed by atoms with Gasteiger partial charge in [-0.1, -0.05) is 105 Å². The van der Waals surface area contributed by atoms with Crippen LogP contribution in [0, 0.1) is 5.41 Å². The number of hydrazone groups is 1. The minimum absolute atomic E-state index is 0.289. The van der Waals surface area contributed by atoms with E-state index in [1.165, 1.54) is 80.7 Å². The second-order valence-corrected chi connectivity index (χ2v) is 14.0. The molecule has 0 radical (unpaired) electrons. The minimum atomic E-state index is -0.542. The van der Waals surface area contributed by atoms with Crippen molar-refractivity contribution in [3.05, 3.63) is 155 Å². The summed E-state index contributed by atoms with van der Waals surface area (Å²) in [5, 5.41) is 21.8. The Hall–Kier alpha value is -5.78. The summed E-state index contributed by atoms with van der Waals surface area (Å²) in [5.41, 5.74) is 10.4. The van der Waals surface area contributed by atoms with Gasteiger partial charge in [-0.05, 0) is 95.6 Å². The van der Waals surface area contributed by atoms with Gasteiger partial charge in [0.15, 0.2) is 0 Å². The van der Waals surface area contributed by atoms with E-state index in [9.17, 15) is 0 Å². The molecule has 5 heteroatoms. The quantitative estimate of drug-likeness (QED) is 0.112. The predicted molar refractivity (Wildman–Crippen MR) is 219 cm³/mol. The summed E-state index contributed by atoms with van der Waals surface area (Å²) in [6.45, 7) is 9.75. The number of anilines is 1. The van der Waals surface area contributed by atoms with Crippen LogP contribution in [0.15, 0.2) is 127 Å². The van der Waals surface area contributed by atoms with Gasteiger partial charge in [-0.2, -0.15) is 5.10 Å². The molecule has 0 saturated carbocycles. The first-order valence-electron chi connectivity index (χ1n) is 17.9. The minimum Gasteiger partial charge on any atom is -0.309 e. The van der Waals surface area contributed by atoms with E-state index < -0.39 is 5.41 Å². The molecule has 3 heterocycles. The number of rotatable bonds is 4. The SMILES string of the molecule is C=C/C=N\N(C(=N)/C=C\C)c1ccc2c(c1)-c1ccccc1C21c2ccccc2-n2c3c(c4c5sc6ccccc6c5cc1c42)=CCCC=3.CC. The number of hydrogen-bond donors (Lipinski definition) is 1. The van der Waals surface area contributed by atoms with Crippen LogP contribution in [0.1, 0.15) is 55.9 Å². The molecule has 0 bridgehead atoms. The molecule has 4 nitrogen and oxygen atoms in total. The summed E-state index contributed by atoms with van der Waals surface area (Å²) in [7, 11) is 0. The molecule has 1 atom stereocenters. The summed E-state index contributed by atoms with van der Waals surface area (Å²) < 4.78 is 5.26. The van der Waals surface area contributed by atoms with Crippen molar-refractivity contribution < 1.29 is 0 Å². The number of amidine groups is 1. The van der Waals surface area contributed by atoms with Crippen molar-refractivity contribution >= 4 is 72.3 Å². The number of nitrogens with zero attached hydrogens (tertiary/aromatic N) is 3. The molecule has 7 aromatic rings. The molecule has 3 aliphatic rings. The molecule has 248 valence electrons. The third-order valence-corrected chi connectivity index (χ3v) is 11.8. The Morgan fingerprint density at radius 3 is 2.43 bits per heavy atom. The Morgan fingerprint density at radius 2 is 1.59 bits per heavy atom. The highest BCUT2D eigenvalue weighted by Gasteiger charge is 2.51. The molecule has 1 aliphatic heterocycles. The maximum absolute atomic E-state index is 8.82. The maximum Gasteiger partial charge on any atom is 0.146 e. The van der Waals surface area contributed by atoms with E-state index >= 15 is 0 Å². The molecule has 51 heavy (non-hydrogen) atoms. The van der Waals surface area contributed by atoms with Crippen LogP contribution in [0.2, 0.25) is 0 Å². The third-order valence-electron chi connectivity index (χ3n) is 10.6. The van der Waals surface area contributed by atoms with E-state index in [-0.39, 0.29) is 5.84 Å². The molecule has 1 N–H and O–H groups in total. The molecule has 1 spiro atoms. The topological polar surface area (TPSA) is 44.4 Å². The van der Waals surface area contributed by atoms with Gasteiger partial charge in [0.2, 0.25) is 0 Å². The average molecular weight is 679 g/mol. The third kappa shape index (κ3) is 4.13. The van der Waals surface area contributed by atoms with Crippen molar-refractivity contribution in [2.45, 2.75) is 39.0 Å². The standard InChI is InChI=1S/C44H32N4S.C2H6/c1-3-13-40(45)48(46-24-4-2)27-22-23-34-31(25-27)28-14-5-8-17-33(28)44(34)35-18-9-11-20-38(35)47-37-19-10-6-16-30(37)41-42(47)36(44)26-32-29-15-7-12-21-39(29)49-43(32)41;1-2/h3-5,7-9,11-26,45H,2,6,10H2,1H3;1-2H3/b13-3-,45-40?,46-24-;. The average Bonchev–Trinajstić information content (AvgIpc) is 3.82. The summed E-state index contributed by atoms with van der Waals surface area (Å²) in [4.78, 5) is 0. The molecule has 2 aliphatic carbocycles. The molecule has 0 amide bonds. The first-order valence-corrected chi connectivity index (χ1v) is 18.7. The summed E-state index contributed by atoms with van der Waals surface area (Å²) >= 11 is 1.92. The first kappa shape index (κ1) is 31.2. The number of thiophene rings is 1. The van der Waals surface area contributed by atoms with Crippen molar-refractivity contribution in [2.75, 3.05) is 5.01 Å². The number of allylic oxidation sites excluding steroid dienone is 2. The van der Waals surface area contributed by atoms with Crippen LogP contribution in [0.4, 0.5) is 5.69 Å². The normalized spacial score (nSPS) is 16.4. The van der Waals surface area contributed by atoms with Gasteiger partial charge in [-0.15, -0.1) is 11.3 Å². The van der Waals surface area contributed by atoms with Crippen molar-refractivity contribution in [3.63, 3.8) is 0 Å². The fraction of sp³-hybridized carbons (Fsp3) is 0.130. The lowest BCUT2D eigenvalue weighted by Gasteiger charge is -2.39. The van der Waals surface area contributed by atoms with E-state index in [2.05, 4.69) is 125 Å². The second-order valence-electron chi connectivity index (χ2n) is 13.0. The maximum atomic E-state index is 8.82. The van der Waals surface area contributed by atoms with Crippen molar-refractivity contribution in [1.29, 1.82) is 5.41 Å². The molecule has 2 aromatic heterocycles. The highest BCUT2D eigenvalue weighted by Crippen LogP contribution is 2.61. The number of aromatic nitrogens is 1. The van der Waals surface area contributed by atoms with Crippen molar-refractivity contribution in [1.82, 2.24) is 4.57 Å². The lowest BCUT2D eigenvalue weighted by atomic mass is 9.65. The highest BCUT2D eigenvalue weighted by molar-refractivity contribution is 7.26. The number of fused-ring (bicyclic) bond motifs is 16. The van der Waals surface area contributed by atoms with Crippen molar-refractivity contribution in [2.24, 2.45) is 5.10 Å². The van der Waals surface area contributed by atoms with Gasteiger partial charge >= 0.3 is 0 Å². The molecular formula is C46H38N4S. The molecule has 5 aromatic carbocycles. The monoisotopic (exact) mass is 678 g/mol. The van der Waals surface area contributed by atoms with Crippen LogP contribution < -0.4 is 15.6 Å². The Bertz CT molecular complexity index is 2790. The zero-order valence-corrected chi connectivity index (χ0v) is 29.9. The fourth-order valence-corrected chi connectivity index (χ4v) is 10.1. The van der Waals surface area contributed by atoms with Gasteiger partial charge in [0.05, 0.1) is 22.3 Å². The predicted octanol–water partition coefficient (Wildman–Crippen LogP) is 10.6. The lowest BCUT2D eigenvalue weighted by molar-refractivity contribution is 0.742. The summed E-state index contributed by atoms with van der Waals surface area (Å²) in [6.07, 6.45) is 13.9. The van der Waals surface area contributed by atoms with Gasteiger partial charge in [0.1, 0.15) is 5.84 Å². The summed E-state index contributed by atoms with van der Waals surface area (Å²) in [6, 6.07) is 36.0. The Kier molecular flexibility index (Phi) is 7.30. The number of hydrogen-bond acceptors (Lipinski definition) is 3. The number of para-hydroxylation sites is 1. The van der Waals surface area contributed by atoms with Crippen LogP contribution >= 0.6 is 11.3 Å². The summed E-state index contributed by atoms with van der Waals surface area (Å²) in [5.74, 6) is 0.289. The van der Waals surface area contributed by atoms with E-state index in [1.54, 1.807) is 23.4 Å². The van der Waals surface area contributed by atoms with E-state index in [0.717, 1.165) is 18.5 Å². The Balaban J connectivity index is 0.00000171. The van der Waals surface area contributed by atoms with E-state index in [4.69, 9.17) is 5.41 Å². The molecule has 10 rings (SSSR count). The smallest absolute Gasteiger partial charge is 0.146 e. The largest absolute Gasteiger partial charge is 0.309 e. The number of benzene rings is 5. The number of nitrogens with one attached hydrogen (secondary N) is 1. The zero-order valence-electron chi connectivity index (χ0n) is 29.1. The zero-order chi connectivity index (χ0) is 34.9. The van der Waals surface area contributed by atoms with Crippen LogP contribution in [0.25, 0.3) is 60.0 Å². The first-order chi connectivity index (χ1) is 25.2. The molecular weight excluding hydrogens is 641 g/mol. The Labute approximate surface area is 301 Å². The van der Waals surface area contributed by atoms with E-state index in [0.29, 0.717) is 0 Å². The molecule has 1 unspecified atom stereocenters. The van der Waals surface area contributed by atoms with Crippen LogP contribution in [0.3, 0.4) is 0 Å². The van der Waals surface area contributed by atoms with Gasteiger partial charge in [-0.3, -0.25) is 5.41 Å². The van der Waals surface area contributed by atoms with Crippen molar-refractivity contribution in [3.8, 4) is 16.8 Å². The van der Waals surface area contributed by atoms with Crippen LogP contribution in [-0.2, 0) is 5.41 Å². The lowest BCUT2D eigenvalue weighted by Crippen LogP contribution is -2.37. The van der Waals surface area contributed by atoms with Gasteiger partial charge in [-0.25, -0.2) is 5.01 Å². The highest BCUT2D eigenvalue weighted by atomic mass is 32.1. The van der Waals surface area contributed by atoms with Crippen LogP contribution in [0.5, 0.6) is 0 Å². The van der Waals surface area contributed by atoms with Crippen LogP contribution in [-0.4, -0.2) is 16.6 Å². The van der Waals surface area contributed by atoms with Gasteiger partial charge in [0.25, 0.3) is 0 Å².